The summed E-state index contributed by atoms with van der Waals surface area (Å²) in [5.74, 6) is 0.985. The Labute approximate surface area is 76.9 Å². The van der Waals surface area contributed by atoms with Gasteiger partial charge in [0, 0.05) is 0 Å². The molecule has 2 rings (SSSR count). The van der Waals surface area contributed by atoms with Gasteiger partial charge in [-0.2, -0.15) is 0 Å². The normalized spacial score (nSPS) is 18.5. The van der Waals surface area contributed by atoms with Crippen LogP contribution in [0.4, 0.5) is 0 Å². The van der Waals surface area contributed by atoms with Crippen molar-refractivity contribution in [3.63, 3.8) is 0 Å². The first-order chi connectivity index (χ1) is 6.27. The third-order valence-electron chi connectivity index (χ3n) is 2.38. The van der Waals surface area contributed by atoms with Crippen molar-refractivity contribution in [2.75, 3.05) is 0 Å². The first-order valence-corrected chi connectivity index (χ1v) is 4.60. The average Bonchev–Trinajstić information content (AvgIpc) is 2.78. The highest BCUT2D eigenvalue weighted by atomic mass is 16.3. The van der Waals surface area contributed by atoms with Crippen LogP contribution in [-0.4, -0.2) is 11.8 Å². The molecule has 0 bridgehead atoms. The second kappa shape index (κ2) is 3.34. The van der Waals surface area contributed by atoms with E-state index in [1.54, 1.807) is 12.1 Å². The highest BCUT2D eigenvalue weighted by molar-refractivity contribution is 5.97. The molecule has 1 atom stereocenters. The van der Waals surface area contributed by atoms with Crippen molar-refractivity contribution in [2.24, 2.45) is 11.7 Å². The number of nitrogens with two attached hydrogens (primary N) is 1. The van der Waals surface area contributed by atoms with Crippen LogP contribution < -0.4 is 5.73 Å². The van der Waals surface area contributed by atoms with E-state index >= 15 is 0 Å². The van der Waals surface area contributed by atoms with Gasteiger partial charge in [-0.05, 0) is 24.5 Å². The van der Waals surface area contributed by atoms with E-state index in [1.165, 1.54) is 19.1 Å². The Morgan fingerprint density at radius 3 is 3.00 bits per heavy atom. The zero-order valence-electron chi connectivity index (χ0n) is 7.40. The molecular formula is C10H13NO2. The number of rotatable bonds is 4. The fourth-order valence-corrected chi connectivity index (χ4v) is 1.42. The summed E-state index contributed by atoms with van der Waals surface area (Å²) in [7, 11) is 0. The van der Waals surface area contributed by atoms with Crippen LogP contribution in [-0.2, 0) is 0 Å². The third-order valence-corrected chi connectivity index (χ3v) is 2.38. The number of furan rings is 1. The molecule has 0 spiro atoms. The van der Waals surface area contributed by atoms with Crippen LogP contribution in [0.5, 0.6) is 0 Å². The molecule has 0 aromatic carbocycles. The molecule has 0 amide bonds. The van der Waals surface area contributed by atoms with Gasteiger partial charge in [0.1, 0.15) is 0 Å². The van der Waals surface area contributed by atoms with Crippen molar-refractivity contribution in [3.05, 3.63) is 24.2 Å². The fraction of sp³-hybridized carbons (Fsp3) is 0.500. The summed E-state index contributed by atoms with van der Waals surface area (Å²) in [6.45, 7) is 0. The second-order valence-electron chi connectivity index (χ2n) is 3.63. The largest absolute Gasteiger partial charge is 0.461 e. The molecule has 3 nitrogen and oxygen atoms in total. The van der Waals surface area contributed by atoms with Gasteiger partial charge in [-0.1, -0.05) is 12.8 Å². The molecule has 0 aliphatic heterocycles. The summed E-state index contributed by atoms with van der Waals surface area (Å²) >= 11 is 0. The van der Waals surface area contributed by atoms with Crippen LogP contribution in [0.25, 0.3) is 0 Å². The lowest BCUT2D eigenvalue weighted by molar-refractivity contribution is 0.0927. The van der Waals surface area contributed by atoms with Gasteiger partial charge in [-0.15, -0.1) is 0 Å². The molecule has 0 saturated heterocycles. The van der Waals surface area contributed by atoms with Gasteiger partial charge in [-0.3, -0.25) is 4.79 Å². The molecule has 2 N–H and O–H groups in total. The minimum absolute atomic E-state index is 0.0723. The van der Waals surface area contributed by atoms with Crippen molar-refractivity contribution >= 4 is 5.78 Å². The van der Waals surface area contributed by atoms with E-state index < -0.39 is 0 Å². The summed E-state index contributed by atoms with van der Waals surface area (Å²) in [5.41, 5.74) is 5.74. The van der Waals surface area contributed by atoms with Gasteiger partial charge in [0.2, 0.25) is 5.78 Å². The maximum absolute atomic E-state index is 11.6. The first-order valence-electron chi connectivity index (χ1n) is 4.60. The van der Waals surface area contributed by atoms with Crippen LogP contribution >= 0.6 is 0 Å². The minimum Gasteiger partial charge on any atom is -0.461 e. The predicted molar refractivity (Wildman–Crippen MR) is 48.4 cm³/mol. The molecule has 1 aromatic heterocycles. The first kappa shape index (κ1) is 8.51. The Hall–Kier alpha value is -1.09. The lowest BCUT2D eigenvalue weighted by Gasteiger charge is -2.06. The van der Waals surface area contributed by atoms with Crippen LogP contribution in [0.15, 0.2) is 22.8 Å². The maximum Gasteiger partial charge on any atom is 0.214 e. The Balaban J connectivity index is 1.95. The van der Waals surface area contributed by atoms with Crippen molar-refractivity contribution in [2.45, 2.75) is 25.3 Å². The van der Waals surface area contributed by atoms with E-state index in [1.807, 2.05) is 0 Å². The van der Waals surface area contributed by atoms with E-state index in [4.69, 9.17) is 10.2 Å². The van der Waals surface area contributed by atoms with E-state index in [9.17, 15) is 4.79 Å². The fourth-order valence-electron chi connectivity index (χ4n) is 1.42. The molecule has 1 heterocycles. The summed E-state index contributed by atoms with van der Waals surface area (Å²) in [6.07, 6.45) is 4.74. The molecule has 0 radical (unpaired) electrons. The second-order valence-corrected chi connectivity index (χ2v) is 3.63. The topological polar surface area (TPSA) is 56.2 Å². The predicted octanol–water partition coefficient (Wildman–Crippen LogP) is 1.59. The third kappa shape index (κ3) is 1.98. The Morgan fingerprint density at radius 1 is 1.69 bits per heavy atom. The smallest absolute Gasteiger partial charge is 0.214 e. The molecule has 70 valence electrons. The molecule has 1 unspecified atom stereocenters. The van der Waals surface area contributed by atoms with Crippen molar-refractivity contribution in [3.8, 4) is 0 Å². The van der Waals surface area contributed by atoms with Crippen molar-refractivity contribution in [1.29, 1.82) is 0 Å². The summed E-state index contributed by atoms with van der Waals surface area (Å²) < 4.78 is 4.99. The number of carbonyl (C=O) groups excluding carboxylic acids is 1. The standard InChI is InChI=1S/C10H13NO2/c11-8(6-7-3-4-7)10(12)9-2-1-5-13-9/h1-2,5,7-8H,3-4,6,11H2. The van der Waals surface area contributed by atoms with Crippen LogP contribution in [0.3, 0.4) is 0 Å². The van der Waals surface area contributed by atoms with Gasteiger partial charge in [-0.25, -0.2) is 0 Å². The van der Waals surface area contributed by atoms with Crippen molar-refractivity contribution < 1.29 is 9.21 Å². The van der Waals surface area contributed by atoms with E-state index in [2.05, 4.69) is 0 Å². The number of hydrogen-bond acceptors (Lipinski definition) is 3. The average molecular weight is 179 g/mol. The van der Waals surface area contributed by atoms with Crippen LogP contribution in [0.2, 0.25) is 0 Å². The molecule has 1 saturated carbocycles. The molecule has 1 aromatic rings. The molecule has 13 heavy (non-hydrogen) atoms. The monoisotopic (exact) mass is 179 g/mol. The number of ketones is 1. The number of hydrogen-bond donors (Lipinski definition) is 1. The van der Waals surface area contributed by atoms with Crippen molar-refractivity contribution in [1.82, 2.24) is 0 Å². The summed E-state index contributed by atoms with van der Waals surface area (Å²) in [6, 6.07) is 2.99. The minimum atomic E-state index is -0.376. The number of Topliss-reactive ketones (excluding diaryl/α,β-unsaturated/α-hetero) is 1. The SMILES string of the molecule is NC(CC1CC1)C(=O)c1ccco1. The Kier molecular flexibility index (Phi) is 2.19. The van der Waals surface area contributed by atoms with Gasteiger partial charge >= 0.3 is 0 Å². The van der Waals surface area contributed by atoms with Gasteiger partial charge in [0.15, 0.2) is 5.76 Å². The maximum atomic E-state index is 11.6. The molecule has 1 fully saturated rings. The highest BCUT2D eigenvalue weighted by Gasteiger charge is 2.28. The molecule has 3 heteroatoms. The van der Waals surface area contributed by atoms with Gasteiger partial charge in [0.05, 0.1) is 12.3 Å². The molecular weight excluding hydrogens is 166 g/mol. The Bertz CT molecular complexity index is 288. The van der Waals surface area contributed by atoms with E-state index in [-0.39, 0.29) is 11.8 Å². The van der Waals surface area contributed by atoms with E-state index in [0.29, 0.717) is 11.7 Å². The lowest BCUT2D eigenvalue weighted by atomic mass is 10.1. The molecule has 1 aliphatic rings. The zero-order valence-corrected chi connectivity index (χ0v) is 7.40. The Morgan fingerprint density at radius 2 is 2.46 bits per heavy atom. The number of carbonyl (C=O) groups is 1. The highest BCUT2D eigenvalue weighted by Crippen LogP contribution is 2.33. The van der Waals surface area contributed by atoms with E-state index in [0.717, 1.165) is 6.42 Å². The van der Waals surface area contributed by atoms with Gasteiger partial charge < -0.3 is 10.2 Å². The zero-order chi connectivity index (χ0) is 9.26. The molecule has 1 aliphatic carbocycles. The quantitative estimate of drug-likeness (QED) is 0.714. The lowest BCUT2D eigenvalue weighted by Crippen LogP contribution is -2.30. The summed E-state index contributed by atoms with van der Waals surface area (Å²) in [4.78, 5) is 11.6. The summed E-state index contributed by atoms with van der Waals surface area (Å²) in [5, 5.41) is 0. The van der Waals surface area contributed by atoms with Gasteiger partial charge in [0.25, 0.3) is 0 Å². The van der Waals surface area contributed by atoms with Crippen LogP contribution in [0.1, 0.15) is 29.8 Å². The van der Waals surface area contributed by atoms with Crippen LogP contribution in [0, 0.1) is 5.92 Å².